The number of rotatable bonds is 15. The van der Waals surface area contributed by atoms with Crippen LogP contribution in [0.2, 0.25) is 0 Å². The molecule has 11 nitrogen and oxygen atoms in total. The van der Waals surface area contributed by atoms with Crippen molar-refractivity contribution in [1.82, 2.24) is 21.3 Å². The standard InChI is InChI=1S/C28H37FN6O5/c1-17(2)12-22(26(31)38)35-28(40)23(14-18-6-4-3-5-7-18)34-25(37)16-32-24(36)15-33-27(39)21(30)13-19-8-10-20(29)11-9-19/h3-11,17,21-23H,12-16,30H2,1-2H3,(H2,31,38)(H,32,36)(H,33,39)(H,34,37)(H,35,40)/t21-,22?,23?/m1/s1. The summed E-state index contributed by atoms with van der Waals surface area (Å²) in [6.07, 6.45) is 0.624. The average Bonchev–Trinajstić information content (AvgIpc) is 2.91. The molecule has 2 unspecified atom stereocenters. The molecule has 5 amide bonds. The van der Waals surface area contributed by atoms with Crippen molar-refractivity contribution in [3.05, 3.63) is 71.5 Å². The number of carbonyl (C=O) groups is 5. The lowest BCUT2D eigenvalue weighted by Crippen LogP contribution is -2.55. The molecule has 0 aromatic heterocycles. The van der Waals surface area contributed by atoms with Crippen LogP contribution in [0.3, 0.4) is 0 Å². The van der Waals surface area contributed by atoms with E-state index < -0.39 is 66.6 Å². The van der Waals surface area contributed by atoms with Crippen LogP contribution in [0.15, 0.2) is 54.6 Å². The third-order valence-corrected chi connectivity index (χ3v) is 5.88. The first-order valence-corrected chi connectivity index (χ1v) is 12.9. The second kappa shape index (κ2) is 15.9. The molecule has 2 aromatic carbocycles. The summed E-state index contributed by atoms with van der Waals surface area (Å²) in [6.45, 7) is 2.89. The summed E-state index contributed by atoms with van der Waals surface area (Å²) in [7, 11) is 0. The van der Waals surface area contributed by atoms with Crippen molar-refractivity contribution >= 4 is 29.5 Å². The monoisotopic (exact) mass is 556 g/mol. The highest BCUT2D eigenvalue weighted by molar-refractivity contribution is 5.93. The number of nitrogens with two attached hydrogens (primary N) is 2. The van der Waals surface area contributed by atoms with Gasteiger partial charge >= 0.3 is 0 Å². The highest BCUT2D eigenvalue weighted by Crippen LogP contribution is 2.08. The van der Waals surface area contributed by atoms with Crippen molar-refractivity contribution < 1.29 is 28.4 Å². The van der Waals surface area contributed by atoms with E-state index in [1.807, 2.05) is 19.9 Å². The zero-order chi connectivity index (χ0) is 29.7. The molecule has 12 heteroatoms. The lowest BCUT2D eigenvalue weighted by Gasteiger charge is -2.23. The zero-order valence-corrected chi connectivity index (χ0v) is 22.6. The van der Waals surface area contributed by atoms with Crippen molar-refractivity contribution in [3.8, 4) is 0 Å². The van der Waals surface area contributed by atoms with Crippen molar-refractivity contribution in [2.75, 3.05) is 13.1 Å². The summed E-state index contributed by atoms with van der Waals surface area (Å²) >= 11 is 0. The molecular formula is C28H37FN6O5. The molecule has 3 atom stereocenters. The van der Waals surface area contributed by atoms with Crippen LogP contribution >= 0.6 is 0 Å². The van der Waals surface area contributed by atoms with Gasteiger partial charge in [-0.15, -0.1) is 0 Å². The minimum absolute atomic E-state index is 0.0909. The summed E-state index contributed by atoms with van der Waals surface area (Å²) < 4.78 is 13.0. The molecule has 0 saturated carbocycles. The Hall–Kier alpha value is -4.32. The van der Waals surface area contributed by atoms with Crippen LogP contribution in [0.25, 0.3) is 0 Å². The zero-order valence-electron chi connectivity index (χ0n) is 22.6. The minimum Gasteiger partial charge on any atom is -0.368 e. The maximum atomic E-state index is 13.0. The summed E-state index contributed by atoms with van der Waals surface area (Å²) in [5.74, 6) is -3.47. The SMILES string of the molecule is CC(C)CC(NC(=O)C(Cc1ccccc1)NC(=O)CNC(=O)CNC(=O)[C@H](N)Cc1ccc(F)cc1)C(N)=O. The molecule has 216 valence electrons. The first kappa shape index (κ1) is 31.9. The van der Waals surface area contributed by atoms with Gasteiger partial charge < -0.3 is 32.7 Å². The van der Waals surface area contributed by atoms with Crippen LogP contribution in [-0.4, -0.2) is 60.8 Å². The molecule has 0 heterocycles. The van der Waals surface area contributed by atoms with Crippen LogP contribution in [0.4, 0.5) is 4.39 Å². The largest absolute Gasteiger partial charge is 0.368 e. The number of halogens is 1. The summed E-state index contributed by atoms with van der Waals surface area (Å²) in [6, 6.07) is 11.6. The fourth-order valence-corrected chi connectivity index (χ4v) is 3.80. The summed E-state index contributed by atoms with van der Waals surface area (Å²) in [4.78, 5) is 61.8. The molecule has 0 radical (unpaired) electrons. The molecule has 0 bridgehead atoms. The lowest BCUT2D eigenvalue weighted by atomic mass is 10.0. The number of hydrogen-bond donors (Lipinski definition) is 6. The minimum atomic E-state index is -1.04. The number of hydrogen-bond acceptors (Lipinski definition) is 6. The van der Waals surface area contributed by atoms with Crippen LogP contribution in [-0.2, 0) is 36.8 Å². The van der Waals surface area contributed by atoms with Gasteiger partial charge in [0.1, 0.15) is 17.9 Å². The first-order chi connectivity index (χ1) is 18.9. The number of carbonyl (C=O) groups excluding carboxylic acids is 5. The molecule has 0 spiro atoms. The van der Waals surface area contributed by atoms with E-state index in [-0.39, 0.29) is 18.8 Å². The predicted octanol–water partition coefficient (Wildman–Crippen LogP) is -0.328. The molecule has 0 aliphatic heterocycles. The maximum Gasteiger partial charge on any atom is 0.243 e. The molecule has 2 rings (SSSR count). The van der Waals surface area contributed by atoms with Gasteiger partial charge in [-0.1, -0.05) is 56.3 Å². The fraction of sp³-hybridized carbons (Fsp3) is 0.393. The van der Waals surface area contributed by atoms with E-state index in [0.29, 0.717) is 12.0 Å². The Morgan fingerprint density at radius 2 is 1.35 bits per heavy atom. The van der Waals surface area contributed by atoms with Gasteiger partial charge in [0.05, 0.1) is 19.1 Å². The summed E-state index contributed by atoms with van der Waals surface area (Å²) in [5, 5.41) is 9.95. The van der Waals surface area contributed by atoms with Gasteiger partial charge in [0.25, 0.3) is 0 Å². The van der Waals surface area contributed by atoms with Gasteiger partial charge in [-0.05, 0) is 42.0 Å². The topological polar surface area (TPSA) is 186 Å². The van der Waals surface area contributed by atoms with Crippen LogP contribution in [0, 0.1) is 11.7 Å². The highest BCUT2D eigenvalue weighted by atomic mass is 19.1. The molecule has 0 aliphatic rings. The van der Waals surface area contributed by atoms with E-state index in [2.05, 4.69) is 21.3 Å². The second-order valence-corrected chi connectivity index (χ2v) is 9.83. The predicted molar refractivity (Wildman–Crippen MR) is 147 cm³/mol. The van der Waals surface area contributed by atoms with E-state index in [1.165, 1.54) is 24.3 Å². The normalized spacial score (nSPS) is 13.0. The summed E-state index contributed by atoms with van der Waals surface area (Å²) in [5.41, 5.74) is 12.7. The van der Waals surface area contributed by atoms with Crippen molar-refractivity contribution in [2.45, 2.75) is 51.2 Å². The molecule has 40 heavy (non-hydrogen) atoms. The Labute approximate surface area is 232 Å². The number of primary amides is 1. The molecule has 0 fully saturated rings. The van der Waals surface area contributed by atoms with Crippen molar-refractivity contribution in [3.63, 3.8) is 0 Å². The Bertz CT molecular complexity index is 1160. The molecule has 8 N–H and O–H groups in total. The Balaban J connectivity index is 1.88. The van der Waals surface area contributed by atoms with Gasteiger partial charge in [-0.3, -0.25) is 24.0 Å². The Morgan fingerprint density at radius 1 is 0.750 bits per heavy atom. The van der Waals surface area contributed by atoms with E-state index in [4.69, 9.17) is 11.5 Å². The molecule has 2 aromatic rings. The van der Waals surface area contributed by atoms with Crippen LogP contribution in [0.1, 0.15) is 31.4 Å². The van der Waals surface area contributed by atoms with Gasteiger partial charge in [0.15, 0.2) is 0 Å². The van der Waals surface area contributed by atoms with Gasteiger partial charge in [-0.2, -0.15) is 0 Å². The molecular weight excluding hydrogens is 519 g/mol. The lowest BCUT2D eigenvalue weighted by molar-refractivity contribution is -0.132. The van der Waals surface area contributed by atoms with Gasteiger partial charge in [0.2, 0.25) is 29.5 Å². The quantitative estimate of drug-likeness (QED) is 0.174. The van der Waals surface area contributed by atoms with Crippen molar-refractivity contribution in [1.29, 1.82) is 0 Å². The highest BCUT2D eigenvalue weighted by Gasteiger charge is 2.26. The van der Waals surface area contributed by atoms with Gasteiger partial charge in [0, 0.05) is 6.42 Å². The van der Waals surface area contributed by atoms with E-state index in [0.717, 1.165) is 5.56 Å². The Kier molecular flexibility index (Phi) is 12.7. The van der Waals surface area contributed by atoms with E-state index >= 15 is 0 Å². The number of benzene rings is 2. The number of nitrogens with one attached hydrogen (secondary N) is 4. The number of amides is 5. The second-order valence-electron chi connectivity index (χ2n) is 9.83. The van der Waals surface area contributed by atoms with Crippen LogP contribution < -0.4 is 32.7 Å². The molecule has 0 aliphatic carbocycles. The van der Waals surface area contributed by atoms with E-state index in [9.17, 15) is 28.4 Å². The first-order valence-electron chi connectivity index (χ1n) is 12.9. The average molecular weight is 557 g/mol. The van der Waals surface area contributed by atoms with Crippen molar-refractivity contribution in [2.24, 2.45) is 17.4 Å². The van der Waals surface area contributed by atoms with Gasteiger partial charge in [-0.25, -0.2) is 4.39 Å². The fourth-order valence-electron chi connectivity index (χ4n) is 3.80. The third-order valence-electron chi connectivity index (χ3n) is 5.88. The van der Waals surface area contributed by atoms with Crippen LogP contribution in [0.5, 0.6) is 0 Å². The maximum absolute atomic E-state index is 13.0. The molecule has 0 saturated heterocycles. The van der Waals surface area contributed by atoms with E-state index in [1.54, 1.807) is 24.3 Å². The smallest absolute Gasteiger partial charge is 0.243 e. The third kappa shape index (κ3) is 11.6. The Morgan fingerprint density at radius 3 is 1.95 bits per heavy atom.